The van der Waals surface area contributed by atoms with Crippen LogP contribution in [0.15, 0.2) is 0 Å². The molecule has 5 aliphatic carbocycles. The molecule has 17 rings (SSSR count). The second-order valence-corrected chi connectivity index (χ2v) is 33.6. The molecule has 0 aromatic rings. The van der Waals surface area contributed by atoms with Crippen LogP contribution >= 0.6 is 0 Å². The first kappa shape index (κ1) is 82.5. The molecule has 0 aromatic heterocycles. The first-order valence-electron chi connectivity index (χ1n) is 43.5. The number of likely N-dealkylation sites (tertiary alicyclic amines) is 8. The average Bonchev–Trinajstić information content (AvgIpc) is 1.57. The molecule has 12 heterocycles. The first-order chi connectivity index (χ1) is 53.3. The van der Waals surface area contributed by atoms with Gasteiger partial charge in [0.15, 0.2) is 0 Å². The van der Waals surface area contributed by atoms with Gasteiger partial charge in [-0.3, -0.25) is 116 Å². The summed E-state index contributed by atoms with van der Waals surface area (Å²) in [4.78, 5) is 210. The number of ether oxygens (including phenoxy) is 2. The zero-order valence-electron chi connectivity index (χ0n) is 65.8. The summed E-state index contributed by atoms with van der Waals surface area (Å²) in [6.45, 7) is 11.0. The average molecular weight is 1530 g/mol. The Morgan fingerprint density at radius 3 is 0.564 bits per heavy atom. The standard InChI is InChI=1S/C22H28N2O6.2C22H32N2O4.C14H18N2O4.2C2H6/c25-19-15-11-5-6-12(29-11)16(15)20(26)23(19)9-3-1-2-4-10-24-21(27)17-13-7-8-14(30-13)18(17)22(24)28;2*25-19-15-9-3-4-10-16(15)20(26)23(19)13-7-1-2-8-14-24-21(27)17-11-5-6-12-18(17)22(24)28;17-11-5-6-12(18)15(11)9-3-1-2-4-10(9)16-13(19)7-8-14(16)20;2*1-2/h11-18H,1-10H2;2*15-18H,1-14H2;9-10H,1-8H2;2*1-2H3. The smallest absolute Gasteiger partial charge is 0.235 e. The lowest BCUT2D eigenvalue weighted by atomic mass is 9.81. The van der Waals surface area contributed by atoms with Gasteiger partial charge in [-0.05, 0) is 128 Å². The van der Waals surface area contributed by atoms with Gasteiger partial charge in [-0.2, -0.15) is 0 Å². The summed E-state index contributed by atoms with van der Waals surface area (Å²) < 4.78 is 11.5. The van der Waals surface area contributed by atoms with Gasteiger partial charge in [-0.15, -0.1) is 0 Å². The van der Waals surface area contributed by atoms with E-state index in [4.69, 9.17) is 9.47 Å². The summed E-state index contributed by atoms with van der Waals surface area (Å²) in [6, 6.07) is -0.616. The molecule has 17 fully saturated rings. The Balaban J connectivity index is 0.000000136. The third-order valence-electron chi connectivity index (χ3n) is 27.6. The molecule has 0 aromatic carbocycles. The minimum absolute atomic E-state index is 0.0468. The number of hydrogen-bond donors (Lipinski definition) is 0. The van der Waals surface area contributed by atoms with Gasteiger partial charge in [0.05, 0.1) is 108 Å². The van der Waals surface area contributed by atoms with E-state index in [1.54, 1.807) is 0 Å². The highest BCUT2D eigenvalue weighted by Crippen LogP contribution is 2.51. The molecule has 0 N–H and O–H groups in total. The van der Waals surface area contributed by atoms with Crippen molar-refractivity contribution in [3.05, 3.63) is 0 Å². The van der Waals surface area contributed by atoms with E-state index in [9.17, 15) is 76.7 Å². The molecule has 12 saturated heterocycles. The number of hydrogen-bond acceptors (Lipinski definition) is 18. The fraction of sp³-hybridized carbons (Fsp3) is 0.810. The second kappa shape index (κ2) is 37.3. The van der Waals surface area contributed by atoms with Crippen LogP contribution in [0.25, 0.3) is 0 Å². The van der Waals surface area contributed by atoms with Gasteiger partial charge in [-0.25, -0.2) is 0 Å². The van der Waals surface area contributed by atoms with Gasteiger partial charge in [0.25, 0.3) is 0 Å². The number of rotatable bonds is 23. The third-order valence-corrected chi connectivity index (χ3v) is 27.6. The molecule has 18 atom stereocenters. The molecule has 26 nitrogen and oxygen atoms in total. The van der Waals surface area contributed by atoms with Crippen molar-refractivity contribution in [1.29, 1.82) is 0 Å². The number of carbonyl (C=O) groups excluding carboxylic acids is 16. The Hall–Kier alpha value is -6.96. The van der Waals surface area contributed by atoms with Gasteiger partial charge in [0.2, 0.25) is 94.5 Å². The Bertz CT molecular complexity index is 2990. The van der Waals surface area contributed by atoms with E-state index >= 15 is 0 Å². The molecule has 110 heavy (non-hydrogen) atoms. The first-order valence-corrected chi connectivity index (χ1v) is 43.5. The van der Waals surface area contributed by atoms with Crippen LogP contribution in [0.5, 0.6) is 0 Å². The van der Waals surface area contributed by atoms with Crippen LogP contribution in [0.4, 0.5) is 0 Å². The number of nitrogens with zero attached hydrogens (tertiary/aromatic N) is 8. The fourth-order valence-electron chi connectivity index (χ4n) is 22.1. The predicted molar refractivity (Wildman–Crippen MR) is 398 cm³/mol. The monoisotopic (exact) mass is 1530 g/mol. The lowest BCUT2D eigenvalue weighted by Gasteiger charge is -2.40. The number of amides is 16. The molecule has 12 aliphatic heterocycles. The topological polar surface area (TPSA) is 318 Å². The van der Waals surface area contributed by atoms with E-state index in [0.29, 0.717) is 52.1 Å². The number of carbonyl (C=O) groups is 16. The summed E-state index contributed by atoms with van der Waals surface area (Å²) in [6.07, 6.45) is 33.1. The minimum atomic E-state index is -0.308. The second-order valence-electron chi connectivity index (χ2n) is 33.6. The normalized spacial score (nSPS) is 34.4. The summed E-state index contributed by atoms with van der Waals surface area (Å²) in [7, 11) is 0. The minimum Gasteiger partial charge on any atom is -0.373 e. The Morgan fingerprint density at radius 2 is 0.382 bits per heavy atom. The highest BCUT2D eigenvalue weighted by Gasteiger charge is 2.64. The molecule has 17 aliphatic rings. The molecular weight excluding hydrogens is 1410 g/mol. The van der Waals surface area contributed by atoms with Crippen molar-refractivity contribution >= 4 is 94.5 Å². The van der Waals surface area contributed by atoms with E-state index in [-0.39, 0.29) is 228 Å². The maximum absolute atomic E-state index is 12.6. The summed E-state index contributed by atoms with van der Waals surface area (Å²) in [5.41, 5.74) is 0. The zero-order valence-corrected chi connectivity index (χ0v) is 65.8. The molecule has 16 amide bonds. The molecule has 0 radical (unpaired) electrons. The quantitative estimate of drug-likeness (QED) is 0.0679. The van der Waals surface area contributed by atoms with Crippen LogP contribution in [-0.4, -0.2) is 209 Å². The van der Waals surface area contributed by atoms with E-state index < -0.39 is 0 Å². The highest BCUT2D eigenvalue weighted by atomic mass is 16.5. The molecule has 18 unspecified atom stereocenters. The molecular formula is C84H122N8O18. The lowest BCUT2D eigenvalue weighted by Crippen LogP contribution is -2.56. The lowest BCUT2D eigenvalue weighted by molar-refractivity contribution is -0.151. The Labute approximate surface area is 648 Å². The third kappa shape index (κ3) is 16.6. The summed E-state index contributed by atoms with van der Waals surface area (Å²) in [5.74, 6) is -1.92. The number of unbranched alkanes of at least 4 members (excludes halogenated alkanes) is 9. The van der Waals surface area contributed by atoms with Crippen LogP contribution in [0.3, 0.4) is 0 Å². The van der Waals surface area contributed by atoms with Crippen LogP contribution in [0, 0.1) is 71.0 Å². The van der Waals surface area contributed by atoms with Crippen molar-refractivity contribution in [3.63, 3.8) is 0 Å². The van der Waals surface area contributed by atoms with Crippen molar-refractivity contribution in [2.75, 3.05) is 39.3 Å². The van der Waals surface area contributed by atoms with Crippen LogP contribution in [-0.2, 0) is 86.2 Å². The molecule has 606 valence electrons. The van der Waals surface area contributed by atoms with Crippen LogP contribution < -0.4 is 0 Å². The van der Waals surface area contributed by atoms with Crippen molar-refractivity contribution in [1.82, 2.24) is 39.2 Å². The van der Waals surface area contributed by atoms with Gasteiger partial charge in [0, 0.05) is 65.0 Å². The zero-order chi connectivity index (χ0) is 78.2. The maximum atomic E-state index is 12.6. The van der Waals surface area contributed by atoms with E-state index in [0.717, 1.165) is 218 Å². The highest BCUT2D eigenvalue weighted by molar-refractivity contribution is 6.10. The van der Waals surface area contributed by atoms with Crippen molar-refractivity contribution in [2.24, 2.45) is 71.0 Å². The van der Waals surface area contributed by atoms with Gasteiger partial charge < -0.3 is 9.47 Å². The van der Waals surface area contributed by atoms with Gasteiger partial charge in [-0.1, -0.05) is 130 Å². The van der Waals surface area contributed by atoms with Crippen LogP contribution in [0.1, 0.15) is 285 Å². The van der Waals surface area contributed by atoms with Gasteiger partial charge in [0.1, 0.15) is 0 Å². The summed E-state index contributed by atoms with van der Waals surface area (Å²) >= 11 is 0. The number of imide groups is 8. The summed E-state index contributed by atoms with van der Waals surface area (Å²) in [5, 5.41) is 0. The van der Waals surface area contributed by atoms with Crippen molar-refractivity contribution in [3.8, 4) is 0 Å². The largest absolute Gasteiger partial charge is 0.373 e. The Morgan fingerprint density at radius 1 is 0.218 bits per heavy atom. The maximum Gasteiger partial charge on any atom is 0.235 e. The van der Waals surface area contributed by atoms with Crippen LogP contribution in [0.2, 0.25) is 0 Å². The number of fused-ring (bicyclic) bond motifs is 14. The SMILES string of the molecule is CC.CC.O=C1C2C3CCC(O3)C2C(=O)N1CCCCCCN1C(=O)C2C3CCC(O3)C2C1=O.O=C1C2CCCCC2C(=O)N1CCCCCCN1C(=O)C2CCCCC2C1=O.O=C1C2CCCCC2C(=O)N1CCCCCCN1C(=O)C2CCCCC2C1=O.O=C1CCC(=O)N1C1CCCCC1N1C(=O)CCC1=O. The molecule has 5 saturated carbocycles. The molecule has 0 spiro atoms. The molecule has 4 bridgehead atoms. The fourth-order valence-corrected chi connectivity index (χ4v) is 22.1. The predicted octanol–water partition coefficient (Wildman–Crippen LogP) is 9.31. The van der Waals surface area contributed by atoms with Gasteiger partial charge >= 0.3 is 0 Å². The molecule has 26 heteroatoms. The van der Waals surface area contributed by atoms with Crippen molar-refractivity contribution in [2.45, 2.75) is 321 Å². The Kier molecular flexibility index (Phi) is 28.0. The van der Waals surface area contributed by atoms with E-state index in [1.165, 1.54) is 39.2 Å². The van der Waals surface area contributed by atoms with Crippen molar-refractivity contribution < 1.29 is 86.2 Å². The van der Waals surface area contributed by atoms with E-state index in [2.05, 4.69) is 0 Å². The van der Waals surface area contributed by atoms with E-state index in [1.807, 2.05) is 27.7 Å².